The zero-order valence-electron chi connectivity index (χ0n) is 11.5. The lowest BCUT2D eigenvalue weighted by atomic mass is 9.90. The van der Waals surface area contributed by atoms with Crippen LogP contribution in [0.4, 0.5) is 5.82 Å². The molecule has 2 aromatic heterocycles. The van der Waals surface area contributed by atoms with Gasteiger partial charge in [0, 0.05) is 22.8 Å². The topological polar surface area (TPSA) is 53.4 Å². The molecule has 1 aliphatic heterocycles. The number of nitrogens with zero attached hydrogens (tertiary/aromatic N) is 2. The lowest BCUT2D eigenvalue weighted by molar-refractivity contribution is -0.143. The molecule has 5 heteroatoms. The minimum Gasteiger partial charge on any atom is -0.479 e. The quantitative estimate of drug-likeness (QED) is 0.936. The van der Waals surface area contributed by atoms with Gasteiger partial charge in [0.2, 0.25) is 0 Å². The van der Waals surface area contributed by atoms with Gasteiger partial charge in [0.05, 0.1) is 0 Å². The highest BCUT2D eigenvalue weighted by Gasteiger charge is 2.47. The highest BCUT2D eigenvalue weighted by molar-refractivity contribution is 7.17. The van der Waals surface area contributed by atoms with Crippen LogP contribution in [-0.2, 0) is 4.79 Å². The normalized spacial score (nSPS) is 22.6. The second-order valence-electron chi connectivity index (χ2n) is 5.31. The first-order valence-corrected chi connectivity index (χ1v) is 7.90. The van der Waals surface area contributed by atoms with Crippen LogP contribution in [0.25, 0.3) is 10.1 Å². The van der Waals surface area contributed by atoms with E-state index in [1.807, 2.05) is 29.3 Å². The highest BCUT2D eigenvalue weighted by Crippen LogP contribution is 2.40. The van der Waals surface area contributed by atoms with Crippen molar-refractivity contribution in [3.05, 3.63) is 23.7 Å². The average Bonchev–Trinajstić information content (AvgIpc) is 3.05. The molecule has 0 aromatic carbocycles. The predicted molar refractivity (Wildman–Crippen MR) is 81.5 cm³/mol. The Morgan fingerprint density at radius 1 is 1.55 bits per heavy atom. The molecule has 3 rings (SSSR count). The maximum Gasteiger partial charge on any atom is 0.329 e. The Morgan fingerprint density at radius 3 is 3.15 bits per heavy atom. The molecule has 0 bridgehead atoms. The van der Waals surface area contributed by atoms with Gasteiger partial charge in [0.15, 0.2) is 0 Å². The van der Waals surface area contributed by atoms with Gasteiger partial charge in [-0.3, -0.25) is 0 Å². The van der Waals surface area contributed by atoms with Crippen molar-refractivity contribution in [3.63, 3.8) is 0 Å². The second kappa shape index (κ2) is 5.05. The lowest BCUT2D eigenvalue weighted by Crippen LogP contribution is -2.51. The highest BCUT2D eigenvalue weighted by atomic mass is 32.1. The standard InChI is InChI=1S/C15H18N2O2S/c1-2-6-15(14(18)19)7-3-9-17(15)13-11-5-10-20-12(11)4-8-16-13/h4-5,8,10H,2-3,6-7,9H2,1H3,(H,18,19). The molecule has 1 saturated heterocycles. The zero-order valence-corrected chi connectivity index (χ0v) is 12.3. The molecule has 3 heterocycles. The van der Waals surface area contributed by atoms with Crippen molar-refractivity contribution in [2.45, 2.75) is 38.1 Å². The Labute approximate surface area is 122 Å². The van der Waals surface area contributed by atoms with Crippen LogP contribution in [0.5, 0.6) is 0 Å². The van der Waals surface area contributed by atoms with Crippen molar-refractivity contribution in [3.8, 4) is 0 Å². The summed E-state index contributed by atoms with van der Waals surface area (Å²) in [4.78, 5) is 18.4. The van der Waals surface area contributed by atoms with Gasteiger partial charge in [0.1, 0.15) is 11.4 Å². The Hall–Kier alpha value is -1.62. The molecular formula is C15H18N2O2S. The van der Waals surface area contributed by atoms with Crippen molar-refractivity contribution >= 4 is 33.2 Å². The number of thiophene rings is 1. The molecule has 0 aliphatic carbocycles. The molecule has 1 aliphatic rings. The van der Waals surface area contributed by atoms with Gasteiger partial charge in [0.25, 0.3) is 0 Å². The number of aliphatic carboxylic acids is 1. The molecule has 1 unspecified atom stereocenters. The van der Waals surface area contributed by atoms with Crippen molar-refractivity contribution in [2.24, 2.45) is 0 Å². The summed E-state index contributed by atoms with van der Waals surface area (Å²) in [6, 6.07) is 4.03. The number of rotatable bonds is 4. The van der Waals surface area contributed by atoms with E-state index < -0.39 is 11.5 Å². The lowest BCUT2D eigenvalue weighted by Gasteiger charge is -2.35. The number of carboxylic acid groups (broad SMARTS) is 1. The third-order valence-electron chi connectivity index (χ3n) is 4.16. The summed E-state index contributed by atoms with van der Waals surface area (Å²) in [6.07, 6.45) is 4.94. The van der Waals surface area contributed by atoms with E-state index in [0.29, 0.717) is 12.8 Å². The molecule has 106 valence electrons. The van der Waals surface area contributed by atoms with E-state index in [0.717, 1.165) is 35.3 Å². The van der Waals surface area contributed by atoms with Crippen molar-refractivity contribution in [2.75, 3.05) is 11.4 Å². The van der Waals surface area contributed by atoms with Gasteiger partial charge in [-0.05, 0) is 36.8 Å². The number of carbonyl (C=O) groups is 1. The summed E-state index contributed by atoms with van der Waals surface area (Å²) in [6.45, 7) is 2.81. The van der Waals surface area contributed by atoms with E-state index in [1.54, 1.807) is 17.5 Å². The van der Waals surface area contributed by atoms with Crippen LogP contribution in [0.1, 0.15) is 32.6 Å². The second-order valence-corrected chi connectivity index (χ2v) is 6.26. The fourth-order valence-corrected chi connectivity index (χ4v) is 4.06. The molecule has 4 nitrogen and oxygen atoms in total. The van der Waals surface area contributed by atoms with E-state index in [1.165, 1.54) is 0 Å². The molecule has 2 aromatic rings. The number of fused-ring (bicyclic) bond motifs is 1. The Kier molecular flexibility index (Phi) is 3.38. The van der Waals surface area contributed by atoms with E-state index >= 15 is 0 Å². The molecule has 20 heavy (non-hydrogen) atoms. The van der Waals surface area contributed by atoms with Gasteiger partial charge in [-0.1, -0.05) is 13.3 Å². The molecule has 0 saturated carbocycles. The first-order chi connectivity index (χ1) is 9.69. The van der Waals surface area contributed by atoms with E-state index in [2.05, 4.69) is 4.98 Å². The van der Waals surface area contributed by atoms with E-state index in [9.17, 15) is 9.90 Å². The van der Waals surface area contributed by atoms with Gasteiger partial charge in [-0.2, -0.15) is 0 Å². The minimum atomic E-state index is -0.780. The van der Waals surface area contributed by atoms with Gasteiger partial charge in [-0.15, -0.1) is 11.3 Å². The van der Waals surface area contributed by atoms with Crippen molar-refractivity contribution < 1.29 is 9.90 Å². The number of aromatic nitrogens is 1. The summed E-state index contributed by atoms with van der Waals surface area (Å²) >= 11 is 1.67. The van der Waals surface area contributed by atoms with Crippen LogP contribution in [0.3, 0.4) is 0 Å². The number of hydrogen-bond donors (Lipinski definition) is 1. The Balaban J connectivity index is 2.12. The monoisotopic (exact) mass is 290 g/mol. The summed E-state index contributed by atoms with van der Waals surface area (Å²) in [5, 5.41) is 12.9. The molecule has 1 fully saturated rings. The van der Waals surface area contributed by atoms with Crippen LogP contribution in [-0.4, -0.2) is 28.1 Å². The van der Waals surface area contributed by atoms with Crippen LogP contribution in [0.15, 0.2) is 23.7 Å². The third-order valence-corrected chi connectivity index (χ3v) is 5.05. The average molecular weight is 290 g/mol. The van der Waals surface area contributed by atoms with Crippen LogP contribution in [0.2, 0.25) is 0 Å². The number of carboxylic acids is 1. The van der Waals surface area contributed by atoms with Gasteiger partial charge < -0.3 is 10.0 Å². The molecule has 0 radical (unpaired) electrons. The zero-order chi connectivity index (χ0) is 14.2. The number of hydrogen-bond acceptors (Lipinski definition) is 4. The van der Waals surface area contributed by atoms with Gasteiger partial charge >= 0.3 is 5.97 Å². The van der Waals surface area contributed by atoms with Crippen LogP contribution < -0.4 is 4.90 Å². The molecular weight excluding hydrogens is 272 g/mol. The predicted octanol–water partition coefficient (Wildman–Crippen LogP) is 3.52. The maximum absolute atomic E-state index is 11.9. The maximum atomic E-state index is 11.9. The van der Waals surface area contributed by atoms with Crippen molar-refractivity contribution in [1.29, 1.82) is 0 Å². The summed E-state index contributed by atoms with van der Waals surface area (Å²) in [5.74, 6) is 0.114. The smallest absolute Gasteiger partial charge is 0.329 e. The minimum absolute atomic E-state index is 0.671. The number of anilines is 1. The van der Waals surface area contributed by atoms with E-state index in [4.69, 9.17) is 0 Å². The fraction of sp³-hybridized carbons (Fsp3) is 0.467. The molecule has 1 atom stereocenters. The first-order valence-electron chi connectivity index (χ1n) is 7.02. The van der Waals surface area contributed by atoms with Crippen molar-refractivity contribution in [1.82, 2.24) is 4.98 Å². The molecule has 1 N–H and O–H groups in total. The first kappa shape index (κ1) is 13.4. The molecule has 0 amide bonds. The van der Waals surface area contributed by atoms with E-state index in [-0.39, 0.29) is 0 Å². The summed E-state index contributed by atoms with van der Waals surface area (Å²) in [7, 11) is 0. The Bertz CT molecular complexity index is 640. The molecule has 0 spiro atoms. The van der Waals surface area contributed by atoms with Crippen LogP contribution in [0, 0.1) is 0 Å². The number of pyridine rings is 1. The Morgan fingerprint density at radius 2 is 2.40 bits per heavy atom. The summed E-state index contributed by atoms with van der Waals surface area (Å²) in [5.41, 5.74) is -0.780. The summed E-state index contributed by atoms with van der Waals surface area (Å²) < 4.78 is 1.16. The fourth-order valence-electron chi connectivity index (χ4n) is 3.29. The van der Waals surface area contributed by atoms with Gasteiger partial charge in [-0.25, -0.2) is 9.78 Å². The third kappa shape index (κ3) is 1.88. The largest absolute Gasteiger partial charge is 0.479 e. The SMILES string of the molecule is CCCC1(C(=O)O)CCCN1c1nccc2sccc12. The van der Waals surface area contributed by atoms with Crippen LogP contribution >= 0.6 is 11.3 Å².